The molecule has 0 fully saturated rings. The van der Waals surface area contributed by atoms with E-state index in [0.29, 0.717) is 4.34 Å². The second-order valence-electron chi connectivity index (χ2n) is 3.42. The van der Waals surface area contributed by atoms with Gasteiger partial charge in [0, 0.05) is 16.5 Å². The quantitative estimate of drug-likeness (QED) is 0.799. The minimum absolute atomic E-state index is 0.187. The topological polar surface area (TPSA) is 20.2 Å². The van der Waals surface area contributed by atoms with Crippen molar-refractivity contribution in [1.29, 1.82) is 0 Å². The summed E-state index contributed by atoms with van der Waals surface area (Å²) in [4.78, 5) is 0. The number of rotatable bonds is 2. The summed E-state index contributed by atoms with van der Waals surface area (Å²) in [6.07, 6.45) is -5.92. The first-order chi connectivity index (χ1) is 8.30. The highest BCUT2D eigenvalue weighted by molar-refractivity contribution is 7.20. The van der Waals surface area contributed by atoms with Gasteiger partial charge < -0.3 is 5.11 Å². The monoisotopic (exact) mass is 332 g/mol. The second-order valence-corrected chi connectivity index (χ2v) is 6.45. The summed E-state index contributed by atoms with van der Waals surface area (Å²) >= 11 is 13.4. The molecule has 0 aliphatic heterocycles. The molecule has 0 spiro atoms. The van der Waals surface area contributed by atoms with Crippen LogP contribution in [-0.4, -0.2) is 5.11 Å². The van der Waals surface area contributed by atoms with Crippen LogP contribution in [0.1, 0.15) is 22.8 Å². The number of thiophene rings is 2. The molecule has 0 amide bonds. The molecule has 1 atom stereocenters. The van der Waals surface area contributed by atoms with E-state index in [4.69, 9.17) is 23.2 Å². The van der Waals surface area contributed by atoms with Gasteiger partial charge in [0.05, 0.1) is 9.90 Å². The van der Waals surface area contributed by atoms with Gasteiger partial charge in [0.1, 0.15) is 10.4 Å². The largest absolute Gasteiger partial charge is 0.417 e. The number of aliphatic hydroxyl groups is 1. The second kappa shape index (κ2) is 5.02. The Balaban J connectivity index is 2.44. The highest BCUT2D eigenvalue weighted by Gasteiger charge is 2.36. The number of hydrogen-bond donors (Lipinski definition) is 1. The molecule has 0 saturated carbocycles. The standard InChI is InChI=1S/C10H5Cl2F3OS2/c11-7-1-4(9(12)18-7)8(16)5-2-17-3-6(5)10(13,14)15/h1-3,8,16H. The third-order valence-electron chi connectivity index (χ3n) is 2.27. The molecule has 0 saturated heterocycles. The molecule has 8 heteroatoms. The number of halogens is 5. The van der Waals surface area contributed by atoms with Crippen molar-refractivity contribution in [3.05, 3.63) is 42.2 Å². The number of alkyl halides is 3. The third kappa shape index (κ3) is 2.67. The Morgan fingerprint density at radius 1 is 1.17 bits per heavy atom. The zero-order chi connectivity index (χ0) is 13.5. The van der Waals surface area contributed by atoms with Crippen LogP contribution in [0, 0.1) is 0 Å². The zero-order valence-electron chi connectivity index (χ0n) is 8.46. The van der Waals surface area contributed by atoms with Crippen LogP contribution in [0.25, 0.3) is 0 Å². The van der Waals surface area contributed by atoms with Gasteiger partial charge >= 0.3 is 6.18 Å². The number of hydrogen-bond acceptors (Lipinski definition) is 3. The molecule has 2 aromatic rings. The Kier molecular flexibility index (Phi) is 3.94. The first-order valence-electron chi connectivity index (χ1n) is 4.56. The van der Waals surface area contributed by atoms with E-state index in [-0.39, 0.29) is 15.5 Å². The van der Waals surface area contributed by atoms with Crippen molar-refractivity contribution in [2.45, 2.75) is 12.3 Å². The fourth-order valence-corrected chi connectivity index (χ4v) is 3.85. The predicted octanol–water partition coefficient (Wildman–Crippen LogP) is 5.22. The van der Waals surface area contributed by atoms with Crippen molar-refractivity contribution in [1.82, 2.24) is 0 Å². The predicted molar refractivity (Wildman–Crippen MR) is 67.7 cm³/mol. The molecule has 98 valence electrons. The van der Waals surface area contributed by atoms with E-state index < -0.39 is 17.8 Å². The molecule has 1 unspecified atom stereocenters. The molecule has 2 heterocycles. The average molecular weight is 333 g/mol. The van der Waals surface area contributed by atoms with Gasteiger partial charge in [-0.2, -0.15) is 24.5 Å². The first kappa shape index (κ1) is 14.1. The Hall–Kier alpha value is -0.270. The van der Waals surface area contributed by atoms with Crippen molar-refractivity contribution in [3.63, 3.8) is 0 Å². The van der Waals surface area contributed by atoms with Crippen molar-refractivity contribution >= 4 is 45.9 Å². The molecule has 0 aliphatic carbocycles. The lowest BCUT2D eigenvalue weighted by Gasteiger charge is -2.13. The Morgan fingerprint density at radius 3 is 2.33 bits per heavy atom. The van der Waals surface area contributed by atoms with Gasteiger partial charge in [0.15, 0.2) is 0 Å². The maximum atomic E-state index is 12.7. The van der Waals surface area contributed by atoms with Crippen LogP contribution in [0.4, 0.5) is 13.2 Å². The molecule has 0 aromatic carbocycles. The summed E-state index contributed by atoms with van der Waals surface area (Å²) in [6, 6.07) is 1.37. The third-order valence-corrected chi connectivity index (χ3v) is 4.55. The summed E-state index contributed by atoms with van der Waals surface area (Å²) in [5.74, 6) is 0. The first-order valence-corrected chi connectivity index (χ1v) is 7.08. The van der Waals surface area contributed by atoms with Crippen LogP contribution < -0.4 is 0 Å². The Bertz CT molecular complexity index is 562. The van der Waals surface area contributed by atoms with Crippen molar-refractivity contribution < 1.29 is 18.3 Å². The van der Waals surface area contributed by atoms with Gasteiger partial charge in [-0.05, 0) is 11.4 Å². The highest BCUT2D eigenvalue weighted by Crippen LogP contribution is 2.42. The summed E-state index contributed by atoms with van der Waals surface area (Å²) in [5, 5.41) is 12.2. The smallest absolute Gasteiger partial charge is 0.384 e. The summed E-state index contributed by atoms with van der Waals surface area (Å²) in [6.45, 7) is 0. The molecule has 0 radical (unpaired) electrons. The van der Waals surface area contributed by atoms with E-state index in [9.17, 15) is 18.3 Å². The van der Waals surface area contributed by atoms with Crippen LogP contribution >= 0.6 is 45.9 Å². The van der Waals surface area contributed by atoms with E-state index in [0.717, 1.165) is 28.1 Å². The SMILES string of the molecule is OC(c1cscc1C(F)(F)F)c1cc(Cl)sc1Cl. The van der Waals surface area contributed by atoms with Crippen LogP contribution in [0.3, 0.4) is 0 Å². The fraction of sp³-hybridized carbons (Fsp3) is 0.200. The van der Waals surface area contributed by atoms with Gasteiger partial charge in [0.2, 0.25) is 0 Å². The van der Waals surface area contributed by atoms with E-state index in [1.54, 1.807) is 0 Å². The average Bonchev–Trinajstić information content (AvgIpc) is 2.82. The highest BCUT2D eigenvalue weighted by atomic mass is 35.5. The van der Waals surface area contributed by atoms with E-state index in [2.05, 4.69) is 0 Å². The summed E-state index contributed by atoms with van der Waals surface area (Å²) in [7, 11) is 0. The minimum Gasteiger partial charge on any atom is -0.384 e. The Morgan fingerprint density at radius 2 is 1.83 bits per heavy atom. The van der Waals surface area contributed by atoms with Crippen molar-refractivity contribution in [2.24, 2.45) is 0 Å². The van der Waals surface area contributed by atoms with Crippen LogP contribution in [0.2, 0.25) is 8.67 Å². The lowest BCUT2D eigenvalue weighted by molar-refractivity contribution is -0.138. The molecular formula is C10H5Cl2F3OS2. The number of aliphatic hydroxyl groups excluding tert-OH is 1. The maximum Gasteiger partial charge on any atom is 0.417 e. The van der Waals surface area contributed by atoms with E-state index in [1.165, 1.54) is 11.4 Å². The van der Waals surface area contributed by atoms with Crippen LogP contribution in [0.15, 0.2) is 16.8 Å². The molecular weight excluding hydrogens is 328 g/mol. The van der Waals surface area contributed by atoms with Crippen molar-refractivity contribution in [3.8, 4) is 0 Å². The van der Waals surface area contributed by atoms with Crippen molar-refractivity contribution in [2.75, 3.05) is 0 Å². The van der Waals surface area contributed by atoms with Crippen LogP contribution in [0.5, 0.6) is 0 Å². The minimum atomic E-state index is -4.50. The summed E-state index contributed by atoms with van der Waals surface area (Å²) in [5.41, 5.74) is -0.863. The molecule has 2 rings (SSSR count). The molecule has 1 nitrogen and oxygen atoms in total. The summed E-state index contributed by atoms with van der Waals surface area (Å²) < 4.78 is 38.6. The molecule has 2 aromatic heterocycles. The Labute approximate surface area is 118 Å². The van der Waals surface area contributed by atoms with Gasteiger partial charge in [-0.25, -0.2) is 0 Å². The van der Waals surface area contributed by atoms with E-state index in [1.807, 2.05) is 0 Å². The normalized spacial score (nSPS) is 13.9. The maximum absolute atomic E-state index is 12.7. The molecule has 0 aliphatic rings. The zero-order valence-corrected chi connectivity index (χ0v) is 11.6. The van der Waals surface area contributed by atoms with Gasteiger partial charge in [-0.1, -0.05) is 23.2 Å². The van der Waals surface area contributed by atoms with Crippen LogP contribution in [-0.2, 0) is 6.18 Å². The molecule has 0 bridgehead atoms. The van der Waals surface area contributed by atoms with Gasteiger partial charge in [-0.15, -0.1) is 11.3 Å². The lowest BCUT2D eigenvalue weighted by Crippen LogP contribution is -2.10. The van der Waals surface area contributed by atoms with Gasteiger partial charge in [-0.3, -0.25) is 0 Å². The van der Waals surface area contributed by atoms with Gasteiger partial charge in [0.25, 0.3) is 0 Å². The lowest BCUT2D eigenvalue weighted by atomic mass is 10.0. The molecule has 1 N–H and O–H groups in total. The van der Waals surface area contributed by atoms with E-state index >= 15 is 0 Å². The molecule has 18 heavy (non-hydrogen) atoms. The fourth-order valence-electron chi connectivity index (χ4n) is 1.46.